The van der Waals surface area contributed by atoms with E-state index in [2.05, 4.69) is 5.10 Å². The van der Waals surface area contributed by atoms with Gasteiger partial charge in [0, 0.05) is 32.4 Å². The van der Waals surface area contributed by atoms with E-state index < -0.39 is 5.97 Å². The molecule has 0 saturated carbocycles. The smallest absolute Gasteiger partial charge is 0.345 e. The number of thiophene rings is 1. The van der Waals surface area contributed by atoms with Crippen LogP contribution in [0, 0.1) is 0 Å². The summed E-state index contributed by atoms with van der Waals surface area (Å²) < 4.78 is 1.75. The summed E-state index contributed by atoms with van der Waals surface area (Å²) >= 11 is 1.27. The lowest BCUT2D eigenvalue weighted by Crippen LogP contribution is -2.14. The van der Waals surface area contributed by atoms with E-state index in [0.29, 0.717) is 11.4 Å². The van der Waals surface area contributed by atoms with Crippen LogP contribution in [0.1, 0.15) is 15.2 Å². The van der Waals surface area contributed by atoms with Crippen molar-refractivity contribution < 1.29 is 9.90 Å². The van der Waals surface area contributed by atoms with Gasteiger partial charge in [0.05, 0.1) is 11.2 Å². The van der Waals surface area contributed by atoms with Gasteiger partial charge >= 0.3 is 5.97 Å². The number of hydrogen-bond donors (Lipinski definition) is 1. The van der Waals surface area contributed by atoms with E-state index in [1.807, 2.05) is 37.5 Å². The van der Waals surface area contributed by atoms with Crippen LogP contribution in [-0.2, 0) is 13.6 Å². The van der Waals surface area contributed by atoms with E-state index in [4.69, 9.17) is 5.11 Å². The lowest BCUT2D eigenvalue weighted by molar-refractivity contribution is 0.0702. The topological polar surface area (TPSA) is 58.4 Å². The molecular weight excluding hydrogens is 238 g/mol. The quantitative estimate of drug-likeness (QED) is 0.900. The fourth-order valence-corrected chi connectivity index (χ4v) is 2.36. The summed E-state index contributed by atoms with van der Waals surface area (Å²) in [7, 11) is 3.81. The third-order valence-electron chi connectivity index (χ3n) is 2.36. The van der Waals surface area contributed by atoms with E-state index in [0.717, 1.165) is 10.6 Å². The standard InChI is InChI=1S/C11H13N3O2S/c1-13(6-8-5-12-14(2)7-8)10-4-3-9(17-10)11(15)16/h3-5,7H,6H2,1-2H3,(H,15,16). The third-order valence-corrected chi connectivity index (χ3v) is 3.54. The lowest BCUT2D eigenvalue weighted by atomic mass is 10.3. The summed E-state index contributed by atoms with van der Waals surface area (Å²) in [4.78, 5) is 13.1. The fraction of sp³-hybridized carbons (Fsp3) is 0.273. The number of hydrogen-bond acceptors (Lipinski definition) is 4. The van der Waals surface area contributed by atoms with Gasteiger partial charge in [-0.15, -0.1) is 11.3 Å². The van der Waals surface area contributed by atoms with Gasteiger partial charge < -0.3 is 10.0 Å². The van der Waals surface area contributed by atoms with E-state index in [9.17, 15) is 4.79 Å². The van der Waals surface area contributed by atoms with Gasteiger partial charge in [-0.2, -0.15) is 5.10 Å². The second-order valence-electron chi connectivity index (χ2n) is 3.82. The summed E-state index contributed by atoms with van der Waals surface area (Å²) in [5.41, 5.74) is 1.10. The third kappa shape index (κ3) is 2.65. The largest absolute Gasteiger partial charge is 0.477 e. The number of carbonyl (C=O) groups is 1. The van der Waals surface area contributed by atoms with Crippen molar-refractivity contribution in [3.8, 4) is 0 Å². The molecule has 0 aromatic carbocycles. The maximum atomic E-state index is 10.8. The number of aromatic nitrogens is 2. The molecule has 0 atom stereocenters. The summed E-state index contributed by atoms with van der Waals surface area (Å²) in [5.74, 6) is -0.879. The molecule has 2 heterocycles. The van der Waals surface area contributed by atoms with Gasteiger partial charge in [-0.25, -0.2) is 4.79 Å². The van der Waals surface area contributed by atoms with Gasteiger partial charge in [0.25, 0.3) is 0 Å². The van der Waals surface area contributed by atoms with Crippen LogP contribution in [0.25, 0.3) is 0 Å². The summed E-state index contributed by atoms with van der Waals surface area (Å²) in [6.07, 6.45) is 3.75. The Kier molecular flexibility index (Phi) is 3.14. The maximum absolute atomic E-state index is 10.8. The van der Waals surface area contributed by atoms with Crippen LogP contribution in [0.2, 0.25) is 0 Å². The number of aromatic carboxylic acids is 1. The molecule has 6 heteroatoms. The lowest BCUT2D eigenvalue weighted by Gasteiger charge is -2.15. The highest BCUT2D eigenvalue weighted by atomic mass is 32.1. The van der Waals surface area contributed by atoms with E-state index in [-0.39, 0.29) is 0 Å². The molecule has 0 aliphatic heterocycles. The molecular formula is C11H13N3O2S. The van der Waals surface area contributed by atoms with Crippen molar-refractivity contribution in [2.75, 3.05) is 11.9 Å². The first-order chi connectivity index (χ1) is 8.06. The summed E-state index contributed by atoms with van der Waals surface area (Å²) in [6.45, 7) is 0.716. The SMILES string of the molecule is CN(Cc1cnn(C)c1)c1ccc(C(=O)O)s1. The summed E-state index contributed by atoms with van der Waals surface area (Å²) in [6, 6.07) is 3.45. The molecule has 0 amide bonds. The molecule has 90 valence electrons. The van der Waals surface area contributed by atoms with Crippen molar-refractivity contribution in [2.45, 2.75) is 6.54 Å². The van der Waals surface area contributed by atoms with Crippen molar-refractivity contribution in [3.05, 3.63) is 35.0 Å². The minimum Gasteiger partial charge on any atom is -0.477 e. The average Bonchev–Trinajstić information content (AvgIpc) is 2.86. The number of nitrogens with zero attached hydrogens (tertiary/aromatic N) is 3. The van der Waals surface area contributed by atoms with E-state index >= 15 is 0 Å². The number of anilines is 1. The van der Waals surface area contributed by atoms with Crippen molar-refractivity contribution >= 4 is 22.3 Å². The number of carboxylic acids is 1. The van der Waals surface area contributed by atoms with Crippen LogP contribution in [-0.4, -0.2) is 27.9 Å². The zero-order valence-corrected chi connectivity index (χ0v) is 10.4. The van der Waals surface area contributed by atoms with Gasteiger partial charge in [-0.05, 0) is 12.1 Å². The summed E-state index contributed by atoms with van der Waals surface area (Å²) in [5, 5.41) is 13.9. The highest BCUT2D eigenvalue weighted by molar-refractivity contribution is 7.17. The Labute approximate surface area is 103 Å². The molecule has 2 aromatic heterocycles. The Hall–Kier alpha value is -1.82. The molecule has 2 rings (SSSR count). The Bertz CT molecular complexity index is 532. The van der Waals surface area contributed by atoms with Gasteiger partial charge in [0.2, 0.25) is 0 Å². The predicted molar refractivity (Wildman–Crippen MR) is 66.6 cm³/mol. The molecule has 0 radical (unpaired) electrons. The van der Waals surface area contributed by atoms with Crippen LogP contribution < -0.4 is 4.90 Å². The molecule has 0 spiro atoms. The monoisotopic (exact) mass is 251 g/mol. The predicted octanol–water partition coefficient (Wildman–Crippen LogP) is 1.82. The first-order valence-electron chi connectivity index (χ1n) is 5.08. The van der Waals surface area contributed by atoms with Gasteiger partial charge in [-0.1, -0.05) is 0 Å². The van der Waals surface area contributed by atoms with Crippen LogP contribution in [0.3, 0.4) is 0 Å². The van der Waals surface area contributed by atoms with Crippen molar-refractivity contribution in [2.24, 2.45) is 7.05 Å². The molecule has 0 unspecified atom stereocenters. The Morgan fingerprint density at radius 2 is 2.35 bits per heavy atom. The molecule has 2 aromatic rings. The van der Waals surface area contributed by atoms with Crippen LogP contribution >= 0.6 is 11.3 Å². The zero-order chi connectivity index (χ0) is 12.4. The average molecular weight is 251 g/mol. The molecule has 0 bridgehead atoms. The highest BCUT2D eigenvalue weighted by Gasteiger charge is 2.10. The highest BCUT2D eigenvalue weighted by Crippen LogP contribution is 2.26. The molecule has 0 aliphatic carbocycles. The first-order valence-corrected chi connectivity index (χ1v) is 5.89. The Morgan fingerprint density at radius 3 is 2.88 bits per heavy atom. The molecule has 0 saturated heterocycles. The minimum atomic E-state index is -0.879. The molecule has 17 heavy (non-hydrogen) atoms. The molecule has 1 N–H and O–H groups in total. The normalized spacial score (nSPS) is 10.5. The van der Waals surface area contributed by atoms with Crippen molar-refractivity contribution in [3.63, 3.8) is 0 Å². The van der Waals surface area contributed by atoms with Crippen molar-refractivity contribution in [1.29, 1.82) is 0 Å². The van der Waals surface area contributed by atoms with Crippen LogP contribution in [0.5, 0.6) is 0 Å². The van der Waals surface area contributed by atoms with Gasteiger partial charge in [0.15, 0.2) is 0 Å². The van der Waals surface area contributed by atoms with Gasteiger partial charge in [0.1, 0.15) is 4.88 Å². The molecule has 0 fully saturated rings. The number of carboxylic acid groups (broad SMARTS) is 1. The Morgan fingerprint density at radius 1 is 1.59 bits per heavy atom. The second-order valence-corrected chi connectivity index (χ2v) is 4.88. The Balaban J connectivity index is 2.08. The minimum absolute atomic E-state index is 0.359. The number of rotatable bonds is 4. The van der Waals surface area contributed by atoms with E-state index in [1.54, 1.807) is 10.7 Å². The van der Waals surface area contributed by atoms with Crippen LogP contribution in [0.15, 0.2) is 24.5 Å². The second kappa shape index (κ2) is 4.58. The van der Waals surface area contributed by atoms with Crippen LogP contribution in [0.4, 0.5) is 5.00 Å². The number of aryl methyl sites for hydroxylation is 1. The maximum Gasteiger partial charge on any atom is 0.345 e. The first kappa shape index (κ1) is 11.7. The van der Waals surface area contributed by atoms with E-state index in [1.165, 1.54) is 11.3 Å². The molecule has 0 aliphatic rings. The zero-order valence-electron chi connectivity index (χ0n) is 9.62. The van der Waals surface area contributed by atoms with Crippen molar-refractivity contribution in [1.82, 2.24) is 9.78 Å². The van der Waals surface area contributed by atoms with Gasteiger partial charge in [-0.3, -0.25) is 4.68 Å². The molecule has 5 nitrogen and oxygen atoms in total. The fourth-order valence-electron chi connectivity index (χ4n) is 1.55.